The third-order valence-corrected chi connectivity index (χ3v) is 3.14. The molecule has 0 amide bonds. The van der Waals surface area contributed by atoms with Crippen LogP contribution in [0.15, 0.2) is 42.7 Å². The van der Waals surface area contributed by atoms with Crippen molar-refractivity contribution in [3.05, 3.63) is 65.5 Å². The quantitative estimate of drug-likeness (QED) is 0.871. The number of nitrogens with one attached hydrogen (secondary N) is 1. The number of hydrogen-bond donors (Lipinski definition) is 1. The molecule has 1 N–H and O–H groups in total. The van der Waals surface area contributed by atoms with Crippen molar-refractivity contribution in [3.63, 3.8) is 0 Å². The fourth-order valence-corrected chi connectivity index (χ4v) is 2.15. The van der Waals surface area contributed by atoms with Crippen LogP contribution in [0.25, 0.3) is 0 Å². The predicted molar refractivity (Wildman–Crippen MR) is 75.3 cm³/mol. The summed E-state index contributed by atoms with van der Waals surface area (Å²) >= 11 is 0. The van der Waals surface area contributed by atoms with Gasteiger partial charge in [0, 0.05) is 30.1 Å². The van der Waals surface area contributed by atoms with Crippen molar-refractivity contribution in [1.29, 1.82) is 0 Å². The van der Waals surface area contributed by atoms with Crippen molar-refractivity contribution >= 4 is 0 Å². The summed E-state index contributed by atoms with van der Waals surface area (Å²) in [5.41, 5.74) is 1.51. The minimum atomic E-state index is -0.554. The van der Waals surface area contributed by atoms with Gasteiger partial charge in [0.15, 0.2) is 0 Å². The van der Waals surface area contributed by atoms with E-state index < -0.39 is 11.6 Å². The Hall–Kier alpha value is -1.81. The first-order chi connectivity index (χ1) is 9.70. The monoisotopic (exact) mass is 276 g/mol. The molecule has 0 bridgehead atoms. The first-order valence-corrected chi connectivity index (χ1v) is 6.78. The fourth-order valence-electron chi connectivity index (χ4n) is 2.15. The van der Waals surface area contributed by atoms with Gasteiger partial charge in [-0.05, 0) is 37.1 Å². The predicted octanol–water partition coefficient (Wildman–Crippen LogP) is 3.64. The molecular weight excluding hydrogens is 258 g/mol. The third-order valence-electron chi connectivity index (χ3n) is 3.14. The summed E-state index contributed by atoms with van der Waals surface area (Å²) in [7, 11) is 0. The van der Waals surface area contributed by atoms with Crippen LogP contribution < -0.4 is 5.32 Å². The highest BCUT2D eigenvalue weighted by atomic mass is 19.1. The lowest BCUT2D eigenvalue weighted by Gasteiger charge is -2.19. The van der Waals surface area contributed by atoms with Gasteiger partial charge in [-0.1, -0.05) is 19.1 Å². The van der Waals surface area contributed by atoms with Crippen LogP contribution in [0.5, 0.6) is 0 Å². The summed E-state index contributed by atoms with van der Waals surface area (Å²) in [6.07, 6.45) is 5.04. The van der Waals surface area contributed by atoms with Crippen LogP contribution in [0.1, 0.15) is 30.5 Å². The Kier molecular flexibility index (Phi) is 5.18. The molecule has 106 valence electrons. The molecular formula is C16H18F2N2. The second kappa shape index (κ2) is 7.10. The van der Waals surface area contributed by atoms with Crippen LogP contribution in [0.2, 0.25) is 0 Å². The molecule has 0 fully saturated rings. The Morgan fingerprint density at radius 1 is 1.25 bits per heavy atom. The zero-order valence-electron chi connectivity index (χ0n) is 11.4. The molecule has 0 aliphatic carbocycles. The van der Waals surface area contributed by atoms with E-state index in [0.29, 0.717) is 12.0 Å². The largest absolute Gasteiger partial charge is 0.310 e. The minimum Gasteiger partial charge on any atom is -0.310 e. The average molecular weight is 276 g/mol. The zero-order chi connectivity index (χ0) is 14.4. The van der Waals surface area contributed by atoms with E-state index in [0.717, 1.165) is 24.6 Å². The molecule has 2 aromatic rings. The number of halogens is 2. The summed E-state index contributed by atoms with van der Waals surface area (Å²) < 4.78 is 27.0. The number of nitrogens with zero attached hydrogens (tertiary/aromatic N) is 1. The minimum absolute atomic E-state index is 0.181. The van der Waals surface area contributed by atoms with E-state index in [1.54, 1.807) is 12.4 Å². The van der Waals surface area contributed by atoms with E-state index in [-0.39, 0.29) is 6.04 Å². The highest BCUT2D eigenvalue weighted by Gasteiger charge is 2.16. The van der Waals surface area contributed by atoms with Crippen LogP contribution in [0.4, 0.5) is 8.78 Å². The molecule has 1 aromatic carbocycles. The van der Waals surface area contributed by atoms with Gasteiger partial charge in [-0.15, -0.1) is 0 Å². The summed E-state index contributed by atoms with van der Waals surface area (Å²) in [6, 6.07) is 7.36. The van der Waals surface area contributed by atoms with E-state index in [2.05, 4.69) is 17.2 Å². The Balaban J connectivity index is 2.22. The Morgan fingerprint density at radius 3 is 2.75 bits per heavy atom. The molecule has 1 unspecified atom stereocenters. The van der Waals surface area contributed by atoms with E-state index in [1.807, 2.05) is 12.1 Å². The van der Waals surface area contributed by atoms with E-state index in [1.165, 1.54) is 12.1 Å². The molecule has 1 aromatic heterocycles. The summed E-state index contributed by atoms with van der Waals surface area (Å²) in [6.45, 7) is 2.83. The number of aromatic nitrogens is 1. The van der Waals surface area contributed by atoms with Crippen molar-refractivity contribution in [1.82, 2.24) is 10.3 Å². The lowest BCUT2D eigenvalue weighted by atomic mass is 9.99. The van der Waals surface area contributed by atoms with Crippen molar-refractivity contribution in [2.75, 3.05) is 6.54 Å². The Labute approximate surface area is 117 Å². The van der Waals surface area contributed by atoms with Gasteiger partial charge >= 0.3 is 0 Å². The smallest absolute Gasteiger partial charge is 0.130 e. The van der Waals surface area contributed by atoms with Crippen LogP contribution in [-0.4, -0.2) is 11.5 Å². The molecule has 0 aliphatic rings. The zero-order valence-corrected chi connectivity index (χ0v) is 11.4. The highest BCUT2D eigenvalue weighted by Crippen LogP contribution is 2.22. The SMILES string of the molecule is CCCNC(Cc1cccnc1)c1ccc(F)cc1F. The maximum Gasteiger partial charge on any atom is 0.130 e. The number of pyridine rings is 1. The summed E-state index contributed by atoms with van der Waals surface area (Å²) in [5, 5.41) is 3.30. The lowest BCUT2D eigenvalue weighted by Crippen LogP contribution is -2.25. The van der Waals surface area contributed by atoms with Crippen molar-refractivity contribution in [2.24, 2.45) is 0 Å². The average Bonchev–Trinajstić information content (AvgIpc) is 2.45. The first kappa shape index (κ1) is 14.6. The molecule has 1 heterocycles. The van der Waals surface area contributed by atoms with Gasteiger partial charge in [0.25, 0.3) is 0 Å². The van der Waals surface area contributed by atoms with Gasteiger partial charge in [-0.3, -0.25) is 4.98 Å². The molecule has 0 radical (unpaired) electrons. The molecule has 2 nitrogen and oxygen atoms in total. The van der Waals surface area contributed by atoms with Crippen molar-refractivity contribution in [3.8, 4) is 0 Å². The van der Waals surface area contributed by atoms with Gasteiger partial charge < -0.3 is 5.32 Å². The van der Waals surface area contributed by atoms with Gasteiger partial charge in [-0.25, -0.2) is 8.78 Å². The van der Waals surface area contributed by atoms with E-state index in [9.17, 15) is 8.78 Å². The van der Waals surface area contributed by atoms with Gasteiger partial charge in [0.2, 0.25) is 0 Å². The fraction of sp³-hybridized carbons (Fsp3) is 0.312. The van der Waals surface area contributed by atoms with Gasteiger partial charge in [-0.2, -0.15) is 0 Å². The maximum atomic E-state index is 13.9. The summed E-state index contributed by atoms with van der Waals surface area (Å²) in [5.74, 6) is -1.07. The molecule has 0 spiro atoms. The first-order valence-electron chi connectivity index (χ1n) is 6.78. The standard InChI is InChI=1S/C16H18F2N2/c1-2-7-20-16(9-12-4-3-8-19-11-12)14-6-5-13(17)10-15(14)18/h3-6,8,10-11,16,20H,2,7,9H2,1H3. The number of benzene rings is 1. The van der Waals surface area contributed by atoms with Crippen LogP contribution in [-0.2, 0) is 6.42 Å². The van der Waals surface area contributed by atoms with Gasteiger partial charge in [0.05, 0.1) is 0 Å². The molecule has 0 saturated heterocycles. The van der Waals surface area contributed by atoms with E-state index in [4.69, 9.17) is 0 Å². The Morgan fingerprint density at radius 2 is 2.10 bits per heavy atom. The molecule has 2 rings (SSSR count). The maximum absolute atomic E-state index is 13.9. The molecule has 4 heteroatoms. The van der Waals surface area contributed by atoms with Crippen molar-refractivity contribution < 1.29 is 8.78 Å². The topological polar surface area (TPSA) is 24.9 Å². The molecule has 1 atom stereocenters. The van der Waals surface area contributed by atoms with Gasteiger partial charge in [0.1, 0.15) is 11.6 Å². The van der Waals surface area contributed by atoms with Crippen LogP contribution in [0, 0.1) is 11.6 Å². The number of hydrogen-bond acceptors (Lipinski definition) is 2. The lowest BCUT2D eigenvalue weighted by molar-refractivity contribution is 0.490. The third kappa shape index (κ3) is 3.84. The number of rotatable bonds is 6. The highest BCUT2D eigenvalue weighted by molar-refractivity contribution is 5.24. The normalized spacial score (nSPS) is 12.3. The van der Waals surface area contributed by atoms with Crippen molar-refractivity contribution in [2.45, 2.75) is 25.8 Å². The van der Waals surface area contributed by atoms with Crippen LogP contribution in [0.3, 0.4) is 0 Å². The second-order valence-corrected chi connectivity index (χ2v) is 4.74. The van der Waals surface area contributed by atoms with E-state index >= 15 is 0 Å². The second-order valence-electron chi connectivity index (χ2n) is 4.74. The van der Waals surface area contributed by atoms with Crippen LogP contribution >= 0.6 is 0 Å². The molecule has 0 aliphatic heterocycles. The molecule has 0 saturated carbocycles. The Bertz CT molecular complexity index is 543. The molecule has 20 heavy (non-hydrogen) atoms. The summed E-state index contributed by atoms with van der Waals surface area (Å²) in [4.78, 5) is 4.07.